The van der Waals surface area contributed by atoms with E-state index in [0.717, 1.165) is 23.2 Å². The number of halogens is 1. The van der Waals surface area contributed by atoms with Crippen molar-refractivity contribution in [1.82, 2.24) is 20.4 Å². The number of aliphatic hydroxyl groups is 1. The van der Waals surface area contributed by atoms with Gasteiger partial charge < -0.3 is 15.3 Å². The van der Waals surface area contributed by atoms with E-state index in [4.69, 9.17) is 5.11 Å². The SMILES string of the molecule is O=C(NCc1cn[nH]c1-c1ccc(F)cc1)N1CC[C@H](CO)C1. The van der Waals surface area contributed by atoms with Gasteiger partial charge in [0.2, 0.25) is 0 Å². The molecule has 1 saturated heterocycles. The first-order valence-electron chi connectivity index (χ1n) is 7.59. The van der Waals surface area contributed by atoms with E-state index in [1.807, 2.05) is 0 Å². The zero-order chi connectivity index (χ0) is 16.2. The smallest absolute Gasteiger partial charge is 0.317 e. The van der Waals surface area contributed by atoms with Gasteiger partial charge in [-0.3, -0.25) is 5.10 Å². The lowest BCUT2D eigenvalue weighted by Crippen LogP contribution is -2.38. The number of rotatable bonds is 4. The van der Waals surface area contributed by atoms with Crippen LogP contribution in [0.3, 0.4) is 0 Å². The summed E-state index contributed by atoms with van der Waals surface area (Å²) in [6.45, 7) is 1.69. The van der Waals surface area contributed by atoms with Crippen LogP contribution in [0.1, 0.15) is 12.0 Å². The Morgan fingerprint density at radius 2 is 2.22 bits per heavy atom. The van der Waals surface area contributed by atoms with E-state index in [0.29, 0.717) is 19.6 Å². The highest BCUT2D eigenvalue weighted by Gasteiger charge is 2.25. The van der Waals surface area contributed by atoms with Crippen molar-refractivity contribution in [2.45, 2.75) is 13.0 Å². The van der Waals surface area contributed by atoms with Gasteiger partial charge in [-0.05, 0) is 30.7 Å². The predicted octanol–water partition coefficient (Wildman–Crippen LogP) is 1.74. The van der Waals surface area contributed by atoms with Crippen molar-refractivity contribution >= 4 is 6.03 Å². The third kappa shape index (κ3) is 3.50. The number of H-pyrrole nitrogens is 1. The van der Waals surface area contributed by atoms with Crippen molar-refractivity contribution in [1.29, 1.82) is 0 Å². The quantitative estimate of drug-likeness (QED) is 0.803. The third-order valence-corrected chi connectivity index (χ3v) is 4.11. The van der Waals surface area contributed by atoms with Crippen molar-refractivity contribution < 1.29 is 14.3 Å². The molecule has 0 saturated carbocycles. The lowest BCUT2D eigenvalue weighted by atomic mass is 10.1. The van der Waals surface area contributed by atoms with Gasteiger partial charge in [-0.15, -0.1) is 0 Å². The van der Waals surface area contributed by atoms with Crippen molar-refractivity contribution in [3.63, 3.8) is 0 Å². The largest absolute Gasteiger partial charge is 0.396 e. The molecule has 1 aromatic carbocycles. The highest BCUT2D eigenvalue weighted by atomic mass is 19.1. The first kappa shape index (κ1) is 15.5. The monoisotopic (exact) mass is 318 g/mol. The molecular formula is C16H19FN4O2. The number of aromatic nitrogens is 2. The van der Waals surface area contributed by atoms with Crippen LogP contribution in [0.15, 0.2) is 30.5 Å². The number of nitrogens with zero attached hydrogens (tertiary/aromatic N) is 2. The number of hydrogen-bond acceptors (Lipinski definition) is 3. The molecule has 3 rings (SSSR count). The van der Waals surface area contributed by atoms with E-state index >= 15 is 0 Å². The van der Waals surface area contributed by atoms with Gasteiger partial charge in [0.1, 0.15) is 5.82 Å². The van der Waals surface area contributed by atoms with Gasteiger partial charge in [0.15, 0.2) is 0 Å². The number of likely N-dealkylation sites (tertiary alicyclic amines) is 1. The summed E-state index contributed by atoms with van der Waals surface area (Å²) in [4.78, 5) is 13.9. The molecule has 122 valence electrons. The second-order valence-electron chi connectivity index (χ2n) is 5.72. The van der Waals surface area contributed by atoms with Crippen LogP contribution < -0.4 is 5.32 Å². The number of carbonyl (C=O) groups excluding carboxylic acids is 1. The van der Waals surface area contributed by atoms with E-state index < -0.39 is 0 Å². The molecule has 2 aromatic rings. The fourth-order valence-corrected chi connectivity index (χ4v) is 2.76. The minimum Gasteiger partial charge on any atom is -0.396 e. The van der Waals surface area contributed by atoms with Crippen LogP contribution >= 0.6 is 0 Å². The van der Waals surface area contributed by atoms with Crippen LogP contribution in [-0.2, 0) is 6.54 Å². The standard InChI is InChI=1S/C16H19FN4O2/c17-14-3-1-12(2-4-14)15-13(8-19-20-15)7-18-16(23)21-6-5-11(9-21)10-22/h1-4,8,11,22H,5-7,9-10H2,(H,18,23)(H,19,20)/t11-/m0/s1. The topological polar surface area (TPSA) is 81.2 Å². The summed E-state index contributed by atoms with van der Waals surface area (Å²) in [5.74, 6) is -0.125. The van der Waals surface area contributed by atoms with Gasteiger partial charge >= 0.3 is 6.03 Å². The van der Waals surface area contributed by atoms with Gasteiger partial charge in [0, 0.05) is 43.3 Å². The highest BCUT2D eigenvalue weighted by molar-refractivity contribution is 5.75. The van der Waals surface area contributed by atoms with Crippen LogP contribution in [0.2, 0.25) is 0 Å². The number of aliphatic hydroxyl groups excluding tert-OH is 1. The molecule has 0 bridgehead atoms. The highest BCUT2D eigenvalue weighted by Crippen LogP contribution is 2.21. The van der Waals surface area contributed by atoms with Gasteiger partial charge in [-0.25, -0.2) is 9.18 Å². The molecule has 2 heterocycles. The number of carbonyl (C=O) groups is 1. The molecule has 0 radical (unpaired) electrons. The number of hydrogen-bond donors (Lipinski definition) is 3. The minimum atomic E-state index is -0.296. The van der Waals surface area contributed by atoms with Crippen molar-refractivity contribution in [3.8, 4) is 11.3 Å². The molecule has 1 aromatic heterocycles. The minimum absolute atomic E-state index is 0.111. The normalized spacial score (nSPS) is 17.5. The Morgan fingerprint density at radius 1 is 1.43 bits per heavy atom. The van der Waals surface area contributed by atoms with E-state index in [1.54, 1.807) is 23.2 Å². The molecule has 0 unspecified atom stereocenters. The number of amides is 2. The summed E-state index contributed by atoms with van der Waals surface area (Å²) >= 11 is 0. The molecule has 1 atom stereocenters. The molecule has 0 spiro atoms. The number of urea groups is 1. The summed E-state index contributed by atoms with van der Waals surface area (Å²) < 4.78 is 13.0. The first-order valence-corrected chi connectivity index (χ1v) is 7.59. The van der Waals surface area contributed by atoms with Gasteiger partial charge in [0.25, 0.3) is 0 Å². The maximum atomic E-state index is 13.0. The second kappa shape index (κ2) is 6.78. The lowest BCUT2D eigenvalue weighted by molar-refractivity contribution is 0.198. The molecule has 7 heteroatoms. The van der Waals surface area contributed by atoms with Crippen LogP contribution in [-0.4, -0.2) is 45.9 Å². The van der Waals surface area contributed by atoms with Crippen LogP contribution in [0.4, 0.5) is 9.18 Å². The van der Waals surface area contributed by atoms with E-state index in [1.165, 1.54) is 12.1 Å². The van der Waals surface area contributed by atoms with Crippen LogP contribution in [0.5, 0.6) is 0 Å². The second-order valence-corrected chi connectivity index (χ2v) is 5.72. The summed E-state index contributed by atoms with van der Waals surface area (Å²) in [6, 6.07) is 5.96. The molecular weight excluding hydrogens is 299 g/mol. The fraction of sp³-hybridized carbons (Fsp3) is 0.375. The Balaban J connectivity index is 1.62. The molecule has 0 aliphatic carbocycles. The molecule has 23 heavy (non-hydrogen) atoms. The molecule has 1 fully saturated rings. The van der Waals surface area contributed by atoms with Gasteiger partial charge in [-0.2, -0.15) is 5.10 Å². The Bertz CT molecular complexity index is 671. The molecule has 3 N–H and O–H groups in total. The summed E-state index contributed by atoms with van der Waals surface area (Å²) in [5.41, 5.74) is 2.41. The third-order valence-electron chi connectivity index (χ3n) is 4.11. The average Bonchev–Trinajstić information content (AvgIpc) is 3.22. The van der Waals surface area contributed by atoms with Crippen LogP contribution in [0.25, 0.3) is 11.3 Å². The van der Waals surface area contributed by atoms with Crippen LogP contribution in [0, 0.1) is 11.7 Å². The maximum absolute atomic E-state index is 13.0. The molecule has 6 nitrogen and oxygen atoms in total. The molecule has 1 aliphatic rings. The summed E-state index contributed by atoms with van der Waals surface area (Å²) in [6.07, 6.45) is 2.48. The van der Waals surface area contributed by atoms with E-state index in [2.05, 4.69) is 15.5 Å². The van der Waals surface area contributed by atoms with Crippen molar-refractivity contribution in [3.05, 3.63) is 41.8 Å². The Morgan fingerprint density at radius 3 is 2.91 bits per heavy atom. The zero-order valence-electron chi connectivity index (χ0n) is 12.6. The van der Waals surface area contributed by atoms with Crippen molar-refractivity contribution in [2.75, 3.05) is 19.7 Å². The number of aromatic amines is 1. The molecule has 1 aliphatic heterocycles. The predicted molar refractivity (Wildman–Crippen MR) is 83.0 cm³/mol. The summed E-state index contributed by atoms with van der Waals surface area (Å²) in [5, 5.41) is 18.9. The Kier molecular flexibility index (Phi) is 4.57. The van der Waals surface area contributed by atoms with E-state index in [-0.39, 0.29) is 24.4 Å². The molecule has 2 amide bonds. The van der Waals surface area contributed by atoms with Gasteiger partial charge in [-0.1, -0.05) is 0 Å². The van der Waals surface area contributed by atoms with Crippen molar-refractivity contribution in [2.24, 2.45) is 5.92 Å². The summed E-state index contributed by atoms with van der Waals surface area (Å²) in [7, 11) is 0. The van der Waals surface area contributed by atoms with Gasteiger partial charge in [0.05, 0.1) is 11.9 Å². The first-order chi connectivity index (χ1) is 11.2. The van der Waals surface area contributed by atoms with E-state index in [9.17, 15) is 9.18 Å². The lowest BCUT2D eigenvalue weighted by Gasteiger charge is -2.17. The maximum Gasteiger partial charge on any atom is 0.317 e. The average molecular weight is 318 g/mol. The Labute approximate surface area is 133 Å². The number of benzene rings is 1. The fourth-order valence-electron chi connectivity index (χ4n) is 2.76. The number of nitrogens with one attached hydrogen (secondary N) is 2. The zero-order valence-corrected chi connectivity index (χ0v) is 12.6. The Hall–Kier alpha value is -2.41.